The van der Waals surface area contributed by atoms with Crippen LogP contribution in [0.1, 0.15) is 5.56 Å². The fourth-order valence-corrected chi connectivity index (χ4v) is 2.02. The minimum Gasteiger partial charge on any atom is -0.438 e. The molecule has 0 aliphatic carbocycles. The van der Waals surface area contributed by atoms with Crippen LogP contribution in [0.4, 0.5) is 13.2 Å². The lowest BCUT2D eigenvalue weighted by atomic mass is 10.2. The van der Waals surface area contributed by atoms with Gasteiger partial charge in [-0.25, -0.2) is 4.98 Å². The molecule has 1 heterocycles. The van der Waals surface area contributed by atoms with Gasteiger partial charge in [0.2, 0.25) is 5.88 Å². The molecule has 0 N–H and O–H groups in total. The van der Waals surface area contributed by atoms with Gasteiger partial charge in [0, 0.05) is 14.2 Å². The number of benzene rings is 1. The maximum absolute atomic E-state index is 12.9. The Balaban J connectivity index is 2.37. The number of hydrogen-bond acceptors (Lipinski definition) is 2. The normalized spacial score (nSPS) is 11.4. The van der Waals surface area contributed by atoms with Gasteiger partial charge in [-0.15, -0.1) is 0 Å². The zero-order valence-electron chi connectivity index (χ0n) is 9.21. The second kappa shape index (κ2) is 5.66. The Morgan fingerprint density at radius 3 is 2.37 bits per heavy atom. The lowest BCUT2D eigenvalue weighted by molar-refractivity contribution is -0.138. The molecule has 0 spiro atoms. The molecule has 0 bridgehead atoms. The summed E-state index contributed by atoms with van der Waals surface area (Å²) >= 11 is 5.06. The molecular formula is C12H6BrF3INO. The third-order valence-electron chi connectivity index (χ3n) is 2.15. The van der Waals surface area contributed by atoms with E-state index in [0.29, 0.717) is 5.75 Å². The highest BCUT2D eigenvalue weighted by Crippen LogP contribution is 2.38. The van der Waals surface area contributed by atoms with E-state index in [4.69, 9.17) is 4.74 Å². The molecule has 1 aromatic carbocycles. The number of aromatic nitrogens is 1. The highest BCUT2D eigenvalue weighted by atomic mass is 127. The van der Waals surface area contributed by atoms with Crippen LogP contribution in [0.2, 0.25) is 0 Å². The number of alkyl halides is 3. The lowest BCUT2D eigenvalue weighted by Crippen LogP contribution is -2.08. The van der Waals surface area contributed by atoms with Crippen molar-refractivity contribution in [3.05, 3.63) is 50.1 Å². The minimum atomic E-state index is -4.52. The Kier molecular flexibility index (Phi) is 4.34. The summed E-state index contributed by atoms with van der Waals surface area (Å²) in [5.74, 6) is -0.155. The van der Waals surface area contributed by atoms with Gasteiger partial charge in [0.05, 0.1) is 0 Å². The molecule has 2 aromatic rings. The molecule has 100 valence electrons. The molecule has 1 aromatic heterocycles. The summed E-state index contributed by atoms with van der Waals surface area (Å²) in [7, 11) is 0. The van der Waals surface area contributed by atoms with Crippen molar-refractivity contribution in [2.45, 2.75) is 6.18 Å². The van der Waals surface area contributed by atoms with Crippen molar-refractivity contribution >= 4 is 38.5 Å². The first-order chi connectivity index (χ1) is 8.86. The maximum atomic E-state index is 12.9. The topological polar surface area (TPSA) is 22.1 Å². The Morgan fingerprint density at radius 2 is 1.79 bits per heavy atom. The third-order valence-corrected chi connectivity index (χ3v) is 3.30. The van der Waals surface area contributed by atoms with Crippen LogP contribution >= 0.6 is 38.5 Å². The van der Waals surface area contributed by atoms with Crippen molar-refractivity contribution in [2.75, 3.05) is 0 Å². The third kappa shape index (κ3) is 3.82. The molecule has 19 heavy (non-hydrogen) atoms. The molecule has 0 atom stereocenters. The van der Waals surface area contributed by atoms with E-state index in [1.165, 1.54) is 6.20 Å². The van der Waals surface area contributed by atoms with Gasteiger partial charge < -0.3 is 4.74 Å². The summed E-state index contributed by atoms with van der Waals surface area (Å²) in [5, 5.41) is 0. The Hall–Kier alpha value is -0.830. The first kappa shape index (κ1) is 14.6. The Bertz CT molecular complexity index is 587. The van der Waals surface area contributed by atoms with Gasteiger partial charge in [-0.05, 0) is 68.9 Å². The highest BCUT2D eigenvalue weighted by Gasteiger charge is 2.35. The molecule has 0 saturated heterocycles. The monoisotopic (exact) mass is 443 g/mol. The van der Waals surface area contributed by atoms with E-state index in [9.17, 15) is 13.2 Å². The van der Waals surface area contributed by atoms with Gasteiger partial charge in [-0.2, -0.15) is 13.2 Å². The molecule has 0 aliphatic rings. The van der Waals surface area contributed by atoms with Crippen molar-refractivity contribution < 1.29 is 17.9 Å². The van der Waals surface area contributed by atoms with E-state index < -0.39 is 17.6 Å². The van der Waals surface area contributed by atoms with Crippen molar-refractivity contribution in [3.8, 4) is 11.6 Å². The first-order valence-corrected chi connectivity index (χ1v) is 6.89. The van der Waals surface area contributed by atoms with Crippen LogP contribution in [-0.4, -0.2) is 4.98 Å². The number of halogens is 5. The zero-order valence-corrected chi connectivity index (χ0v) is 13.0. The van der Waals surface area contributed by atoms with Gasteiger partial charge in [0.15, 0.2) is 0 Å². The number of hydrogen-bond donors (Lipinski definition) is 0. The predicted molar refractivity (Wildman–Crippen MR) is 76.2 cm³/mol. The Morgan fingerprint density at radius 1 is 1.16 bits per heavy atom. The van der Waals surface area contributed by atoms with E-state index in [1.54, 1.807) is 24.3 Å². The SMILES string of the molecule is FC(F)(F)c1cc(Br)cnc1Oc1ccc(I)cc1. The lowest BCUT2D eigenvalue weighted by Gasteiger charge is -2.12. The van der Waals surface area contributed by atoms with Gasteiger partial charge in [-0.1, -0.05) is 0 Å². The van der Waals surface area contributed by atoms with E-state index in [0.717, 1.165) is 9.64 Å². The number of pyridine rings is 1. The smallest absolute Gasteiger partial charge is 0.421 e. The fraction of sp³-hybridized carbons (Fsp3) is 0.0833. The van der Waals surface area contributed by atoms with Crippen molar-refractivity contribution in [3.63, 3.8) is 0 Å². The van der Waals surface area contributed by atoms with Gasteiger partial charge in [0.25, 0.3) is 0 Å². The molecular weight excluding hydrogens is 438 g/mol. The summed E-state index contributed by atoms with van der Waals surface area (Å²) in [6, 6.07) is 7.59. The summed E-state index contributed by atoms with van der Waals surface area (Å²) in [6.45, 7) is 0. The summed E-state index contributed by atoms with van der Waals surface area (Å²) in [6.07, 6.45) is -3.26. The molecule has 2 nitrogen and oxygen atoms in total. The predicted octanol–water partition coefficient (Wildman–Crippen LogP) is 5.26. The van der Waals surface area contributed by atoms with Crippen LogP contribution in [0.15, 0.2) is 41.0 Å². The molecule has 0 radical (unpaired) electrons. The van der Waals surface area contributed by atoms with Crippen molar-refractivity contribution in [1.82, 2.24) is 4.98 Å². The van der Waals surface area contributed by atoms with Crippen LogP contribution in [0, 0.1) is 3.57 Å². The van der Waals surface area contributed by atoms with E-state index in [2.05, 4.69) is 43.5 Å². The molecule has 0 aliphatic heterocycles. The van der Waals surface area contributed by atoms with Gasteiger partial charge >= 0.3 is 6.18 Å². The van der Waals surface area contributed by atoms with Crippen LogP contribution in [-0.2, 0) is 6.18 Å². The minimum absolute atomic E-state index is 0.245. The molecule has 0 fully saturated rings. The second-order valence-corrected chi connectivity index (χ2v) is 5.72. The van der Waals surface area contributed by atoms with Crippen LogP contribution in [0.25, 0.3) is 0 Å². The standard InChI is InChI=1S/C12H6BrF3INO/c13-7-5-10(12(14,15)16)11(18-6-7)19-9-3-1-8(17)2-4-9/h1-6H. The second-order valence-electron chi connectivity index (χ2n) is 3.56. The quantitative estimate of drug-likeness (QED) is 0.590. The summed E-state index contributed by atoms with van der Waals surface area (Å²) < 4.78 is 45.0. The van der Waals surface area contributed by atoms with Crippen molar-refractivity contribution in [2.24, 2.45) is 0 Å². The number of ether oxygens (including phenoxy) is 1. The summed E-state index contributed by atoms with van der Waals surface area (Å²) in [5.41, 5.74) is -0.916. The average molecular weight is 444 g/mol. The fourth-order valence-electron chi connectivity index (χ4n) is 1.33. The van der Waals surface area contributed by atoms with E-state index in [-0.39, 0.29) is 4.47 Å². The first-order valence-electron chi connectivity index (χ1n) is 5.02. The Labute approximate surface area is 129 Å². The van der Waals surface area contributed by atoms with Crippen molar-refractivity contribution in [1.29, 1.82) is 0 Å². The summed E-state index contributed by atoms with van der Waals surface area (Å²) in [4.78, 5) is 3.67. The molecule has 0 amide bonds. The number of nitrogens with zero attached hydrogens (tertiary/aromatic N) is 1. The van der Waals surface area contributed by atoms with Gasteiger partial charge in [-0.3, -0.25) is 0 Å². The molecule has 0 saturated carbocycles. The van der Waals surface area contributed by atoms with E-state index >= 15 is 0 Å². The van der Waals surface area contributed by atoms with Crippen LogP contribution in [0.5, 0.6) is 11.6 Å². The highest BCUT2D eigenvalue weighted by molar-refractivity contribution is 14.1. The molecule has 0 unspecified atom stereocenters. The van der Waals surface area contributed by atoms with E-state index in [1.807, 2.05) is 0 Å². The average Bonchev–Trinajstić information content (AvgIpc) is 2.33. The van der Waals surface area contributed by atoms with Crippen LogP contribution in [0.3, 0.4) is 0 Å². The molecule has 7 heteroatoms. The largest absolute Gasteiger partial charge is 0.438 e. The maximum Gasteiger partial charge on any atom is 0.421 e. The molecule has 2 rings (SSSR count). The van der Waals surface area contributed by atoms with Gasteiger partial charge in [0.1, 0.15) is 11.3 Å². The van der Waals surface area contributed by atoms with Crippen LogP contribution < -0.4 is 4.74 Å². The number of rotatable bonds is 2. The zero-order chi connectivity index (χ0) is 14.0.